The first-order valence-corrected chi connectivity index (χ1v) is 9.92. The normalized spacial score (nSPS) is 12.2. The molecule has 0 radical (unpaired) electrons. The number of benzene rings is 2. The van der Waals surface area contributed by atoms with Crippen LogP contribution >= 0.6 is 11.3 Å². The van der Waals surface area contributed by atoms with Gasteiger partial charge in [0.2, 0.25) is 5.91 Å². The number of aromatic amines is 1. The topological polar surface area (TPSA) is 79.8 Å². The van der Waals surface area contributed by atoms with Crippen LogP contribution in [-0.4, -0.2) is 20.4 Å². The summed E-state index contributed by atoms with van der Waals surface area (Å²) in [6, 6.07) is 15.5. The number of hydrogen-bond donors (Lipinski definition) is 2. The number of amides is 1. The van der Waals surface area contributed by atoms with Crippen LogP contribution in [0.5, 0.6) is 0 Å². The number of fused-ring (bicyclic) bond motifs is 1. The second kappa shape index (κ2) is 7.82. The lowest BCUT2D eigenvalue weighted by Crippen LogP contribution is -2.30. The minimum absolute atomic E-state index is 0.0328. The molecular formula is C21H20N4O2S. The maximum Gasteiger partial charge on any atom is 0.307 e. The lowest BCUT2D eigenvalue weighted by Gasteiger charge is -2.20. The predicted octanol–water partition coefficient (Wildman–Crippen LogP) is 3.39. The lowest BCUT2D eigenvalue weighted by atomic mass is 9.98. The van der Waals surface area contributed by atoms with E-state index in [-0.39, 0.29) is 23.2 Å². The summed E-state index contributed by atoms with van der Waals surface area (Å²) in [4.78, 5) is 31.9. The van der Waals surface area contributed by atoms with Crippen molar-refractivity contribution in [2.24, 2.45) is 0 Å². The van der Waals surface area contributed by atoms with E-state index >= 15 is 0 Å². The molecule has 1 amide bonds. The van der Waals surface area contributed by atoms with Gasteiger partial charge in [-0.25, -0.2) is 4.98 Å². The molecule has 28 heavy (non-hydrogen) atoms. The van der Waals surface area contributed by atoms with Gasteiger partial charge < -0.3 is 14.9 Å². The monoisotopic (exact) mass is 392 g/mol. The highest BCUT2D eigenvalue weighted by Crippen LogP contribution is 2.24. The van der Waals surface area contributed by atoms with E-state index in [9.17, 15) is 9.59 Å². The molecule has 0 aliphatic rings. The summed E-state index contributed by atoms with van der Waals surface area (Å²) >= 11 is 1.16. The quantitative estimate of drug-likeness (QED) is 0.528. The Morgan fingerprint density at radius 1 is 1.21 bits per heavy atom. The molecule has 2 aromatic heterocycles. The van der Waals surface area contributed by atoms with E-state index < -0.39 is 0 Å². The first-order valence-electron chi connectivity index (χ1n) is 9.04. The van der Waals surface area contributed by atoms with Crippen LogP contribution in [0, 0.1) is 6.92 Å². The minimum Gasteiger partial charge on any atom is -0.345 e. The summed E-state index contributed by atoms with van der Waals surface area (Å²) in [5, 5.41) is 4.93. The molecule has 2 heterocycles. The van der Waals surface area contributed by atoms with Gasteiger partial charge in [0.05, 0.1) is 23.4 Å². The Bertz CT molecular complexity index is 1160. The standard InChI is InChI=1S/C21H20N4O2S/c1-14-12-28-21(27)25(14)10-9-19(26)24-20(15-5-3-2-4-6-15)16-7-8-17-18(11-16)23-13-22-17/h2-8,11-13,20H,9-10H2,1H3,(H,22,23)(H,24,26). The lowest BCUT2D eigenvalue weighted by molar-refractivity contribution is -0.121. The zero-order valence-electron chi connectivity index (χ0n) is 15.4. The third-order valence-electron chi connectivity index (χ3n) is 4.75. The van der Waals surface area contributed by atoms with Crippen molar-refractivity contribution in [1.29, 1.82) is 0 Å². The van der Waals surface area contributed by atoms with Crippen molar-refractivity contribution in [3.8, 4) is 0 Å². The Morgan fingerprint density at radius 2 is 2.04 bits per heavy atom. The van der Waals surface area contributed by atoms with Crippen LogP contribution < -0.4 is 10.2 Å². The van der Waals surface area contributed by atoms with Gasteiger partial charge in [0.25, 0.3) is 0 Å². The van der Waals surface area contributed by atoms with Crippen LogP contribution in [0.15, 0.2) is 65.0 Å². The van der Waals surface area contributed by atoms with Crippen LogP contribution in [0.3, 0.4) is 0 Å². The highest BCUT2D eigenvalue weighted by Gasteiger charge is 2.18. The number of nitrogens with zero attached hydrogens (tertiary/aromatic N) is 2. The summed E-state index contributed by atoms with van der Waals surface area (Å²) < 4.78 is 1.64. The molecule has 0 saturated carbocycles. The zero-order chi connectivity index (χ0) is 19.5. The van der Waals surface area contributed by atoms with E-state index in [1.807, 2.05) is 60.8 Å². The molecule has 6 nitrogen and oxygen atoms in total. The van der Waals surface area contributed by atoms with E-state index in [4.69, 9.17) is 0 Å². The maximum atomic E-state index is 12.7. The average Bonchev–Trinajstić information content (AvgIpc) is 3.31. The number of aryl methyl sites for hydroxylation is 1. The predicted molar refractivity (Wildman–Crippen MR) is 110 cm³/mol. The Kier molecular flexibility index (Phi) is 5.08. The van der Waals surface area contributed by atoms with Gasteiger partial charge in [0.15, 0.2) is 0 Å². The van der Waals surface area contributed by atoms with Crippen molar-refractivity contribution in [2.45, 2.75) is 25.9 Å². The number of H-pyrrole nitrogens is 1. The third-order valence-corrected chi connectivity index (χ3v) is 5.64. The Hall–Kier alpha value is -3.19. The fourth-order valence-electron chi connectivity index (χ4n) is 3.26. The average molecular weight is 392 g/mol. The number of carbonyl (C=O) groups excluding carboxylic acids is 1. The second-order valence-electron chi connectivity index (χ2n) is 6.63. The fraction of sp³-hybridized carbons (Fsp3) is 0.190. The van der Waals surface area contributed by atoms with Crippen LogP contribution in [-0.2, 0) is 11.3 Å². The van der Waals surface area contributed by atoms with Crippen molar-refractivity contribution in [3.05, 3.63) is 86.7 Å². The molecule has 2 N–H and O–H groups in total. The van der Waals surface area contributed by atoms with Crippen molar-refractivity contribution in [2.75, 3.05) is 0 Å². The van der Waals surface area contributed by atoms with Crippen molar-refractivity contribution >= 4 is 28.3 Å². The van der Waals surface area contributed by atoms with Gasteiger partial charge in [-0.3, -0.25) is 9.59 Å². The zero-order valence-corrected chi connectivity index (χ0v) is 16.2. The fourth-order valence-corrected chi connectivity index (χ4v) is 4.02. The molecule has 0 fully saturated rings. The van der Waals surface area contributed by atoms with Gasteiger partial charge in [0.1, 0.15) is 0 Å². The summed E-state index contributed by atoms with van der Waals surface area (Å²) in [6.45, 7) is 2.25. The van der Waals surface area contributed by atoms with Gasteiger partial charge in [-0.2, -0.15) is 0 Å². The van der Waals surface area contributed by atoms with E-state index in [1.165, 1.54) is 0 Å². The van der Waals surface area contributed by atoms with Crippen LogP contribution in [0.25, 0.3) is 11.0 Å². The molecule has 0 aliphatic carbocycles. The second-order valence-corrected chi connectivity index (χ2v) is 7.46. The highest BCUT2D eigenvalue weighted by atomic mass is 32.1. The molecule has 4 rings (SSSR count). The molecule has 142 valence electrons. The Balaban J connectivity index is 1.57. The minimum atomic E-state index is -0.276. The highest BCUT2D eigenvalue weighted by molar-refractivity contribution is 7.07. The van der Waals surface area contributed by atoms with E-state index in [0.717, 1.165) is 39.2 Å². The van der Waals surface area contributed by atoms with E-state index in [1.54, 1.807) is 10.9 Å². The number of hydrogen-bond acceptors (Lipinski definition) is 4. The number of nitrogens with one attached hydrogen (secondary N) is 2. The Labute approximate surface area is 165 Å². The molecule has 4 aromatic rings. The molecular weight excluding hydrogens is 372 g/mol. The van der Waals surface area contributed by atoms with Gasteiger partial charge in [0, 0.05) is 24.0 Å². The van der Waals surface area contributed by atoms with Crippen molar-refractivity contribution < 1.29 is 4.79 Å². The van der Waals surface area contributed by atoms with Crippen molar-refractivity contribution in [3.63, 3.8) is 0 Å². The van der Waals surface area contributed by atoms with Crippen LogP contribution in [0.4, 0.5) is 0 Å². The molecule has 2 aromatic carbocycles. The molecule has 7 heteroatoms. The molecule has 0 bridgehead atoms. The maximum absolute atomic E-state index is 12.7. The van der Waals surface area contributed by atoms with Crippen LogP contribution in [0.2, 0.25) is 0 Å². The van der Waals surface area contributed by atoms with Gasteiger partial charge in [-0.15, -0.1) is 0 Å². The van der Waals surface area contributed by atoms with Gasteiger partial charge in [-0.05, 0) is 30.2 Å². The Morgan fingerprint density at radius 3 is 2.79 bits per heavy atom. The first-order chi connectivity index (χ1) is 13.6. The molecule has 1 unspecified atom stereocenters. The molecule has 1 atom stereocenters. The van der Waals surface area contributed by atoms with Crippen molar-refractivity contribution in [1.82, 2.24) is 19.9 Å². The summed E-state index contributed by atoms with van der Waals surface area (Å²) in [6.07, 6.45) is 1.90. The summed E-state index contributed by atoms with van der Waals surface area (Å²) in [7, 11) is 0. The smallest absolute Gasteiger partial charge is 0.307 e. The third kappa shape index (κ3) is 3.75. The van der Waals surface area contributed by atoms with E-state index in [0.29, 0.717) is 6.54 Å². The number of carbonyl (C=O) groups is 1. The molecule has 0 saturated heterocycles. The summed E-state index contributed by atoms with van der Waals surface area (Å²) in [5.74, 6) is -0.101. The van der Waals surface area contributed by atoms with E-state index in [2.05, 4.69) is 15.3 Å². The summed E-state index contributed by atoms with van der Waals surface area (Å²) in [5.41, 5.74) is 4.66. The SMILES string of the molecule is Cc1csc(=O)n1CCC(=O)NC(c1ccccc1)c1ccc2nc[nH]c2c1. The number of imidazole rings is 1. The largest absolute Gasteiger partial charge is 0.345 e. The van der Waals surface area contributed by atoms with Gasteiger partial charge in [-0.1, -0.05) is 47.7 Å². The number of rotatable bonds is 6. The van der Waals surface area contributed by atoms with Crippen LogP contribution in [0.1, 0.15) is 29.3 Å². The molecule has 0 spiro atoms. The first kappa shape index (κ1) is 18.2. The molecule has 0 aliphatic heterocycles. The van der Waals surface area contributed by atoms with Gasteiger partial charge >= 0.3 is 4.87 Å². The number of thiazole rings is 1. The number of aromatic nitrogens is 3.